The van der Waals surface area contributed by atoms with Gasteiger partial charge in [-0.05, 0) is 17.7 Å². The monoisotopic (exact) mass is 331 g/mol. The maximum Gasteiger partial charge on any atom is 0.411 e. The van der Waals surface area contributed by atoms with Crippen LogP contribution >= 0.6 is 0 Å². The maximum atomic E-state index is 11.9. The Morgan fingerprint density at radius 3 is 2.43 bits per heavy atom. The predicted octanol–water partition coefficient (Wildman–Crippen LogP) is 1.69. The van der Waals surface area contributed by atoms with E-state index in [1.807, 2.05) is 12.1 Å². The normalized spacial score (nSPS) is 16.6. The number of hydrogen-bond donors (Lipinski definition) is 0. The molecule has 8 heteroatoms. The molecule has 2 rings (SSSR count). The van der Waals surface area contributed by atoms with Gasteiger partial charge in [0.15, 0.2) is 0 Å². The summed E-state index contributed by atoms with van der Waals surface area (Å²) in [5.41, 5.74) is 1.17. The van der Waals surface area contributed by atoms with E-state index in [2.05, 4.69) is 14.6 Å². The van der Waals surface area contributed by atoms with Gasteiger partial charge in [0, 0.05) is 45.1 Å². The molecule has 1 amide bonds. The smallest absolute Gasteiger partial charge is 0.372 e. The summed E-state index contributed by atoms with van der Waals surface area (Å²) in [7, 11) is 0. The van der Waals surface area contributed by atoms with Crippen LogP contribution in [0.3, 0.4) is 0 Å². The topological polar surface area (TPSA) is 45.7 Å². The zero-order valence-corrected chi connectivity index (χ0v) is 12.8. The van der Waals surface area contributed by atoms with Gasteiger partial charge in [-0.15, -0.1) is 0 Å². The van der Waals surface area contributed by atoms with E-state index < -0.39 is 12.8 Å². The molecule has 0 atom stereocenters. The van der Waals surface area contributed by atoms with Crippen molar-refractivity contribution < 1.29 is 22.7 Å². The van der Waals surface area contributed by atoms with Crippen LogP contribution in [-0.2, 0) is 16.1 Å². The van der Waals surface area contributed by atoms with Gasteiger partial charge in [0.2, 0.25) is 5.91 Å². The number of hydrogen-bond acceptors (Lipinski definition) is 4. The molecule has 0 aromatic carbocycles. The largest absolute Gasteiger partial charge is 0.411 e. The lowest BCUT2D eigenvalue weighted by Crippen LogP contribution is -2.48. The number of rotatable bonds is 6. The number of piperazine rings is 1. The van der Waals surface area contributed by atoms with Crippen LogP contribution in [0, 0.1) is 0 Å². The van der Waals surface area contributed by atoms with E-state index in [0.717, 1.165) is 19.6 Å². The molecule has 1 saturated heterocycles. The Bertz CT molecular complexity index is 488. The minimum absolute atomic E-state index is 0.0135. The van der Waals surface area contributed by atoms with Gasteiger partial charge in [0.05, 0.1) is 13.0 Å². The number of carbonyl (C=O) groups excluding carboxylic acids is 1. The van der Waals surface area contributed by atoms with E-state index in [0.29, 0.717) is 13.1 Å². The minimum atomic E-state index is -4.35. The Labute approximate surface area is 133 Å². The Kier molecular flexibility index (Phi) is 6.35. The van der Waals surface area contributed by atoms with Gasteiger partial charge in [-0.2, -0.15) is 13.2 Å². The number of aromatic nitrogens is 1. The van der Waals surface area contributed by atoms with E-state index in [1.54, 1.807) is 17.3 Å². The standard InChI is InChI=1S/C15H20F3N3O2/c16-15(17,18)12-23-10-3-14(22)21-8-6-20(7-9-21)11-13-1-4-19-5-2-13/h1-2,4-5H,3,6-12H2. The molecule has 1 aliphatic heterocycles. The predicted molar refractivity (Wildman–Crippen MR) is 77.6 cm³/mol. The van der Waals surface area contributed by atoms with E-state index in [4.69, 9.17) is 0 Å². The van der Waals surface area contributed by atoms with Gasteiger partial charge in [0.1, 0.15) is 6.61 Å². The van der Waals surface area contributed by atoms with Crippen molar-refractivity contribution in [2.24, 2.45) is 0 Å². The van der Waals surface area contributed by atoms with Crippen molar-refractivity contribution in [3.63, 3.8) is 0 Å². The molecule has 5 nitrogen and oxygen atoms in total. The van der Waals surface area contributed by atoms with Crippen LogP contribution in [0.5, 0.6) is 0 Å². The van der Waals surface area contributed by atoms with Crippen molar-refractivity contribution in [2.45, 2.75) is 19.1 Å². The molecule has 23 heavy (non-hydrogen) atoms. The summed E-state index contributed by atoms with van der Waals surface area (Å²) in [6.45, 7) is 1.97. The van der Waals surface area contributed by atoms with Crippen LogP contribution in [0.2, 0.25) is 0 Å². The first-order chi connectivity index (χ1) is 10.9. The zero-order chi connectivity index (χ0) is 16.7. The maximum absolute atomic E-state index is 11.9. The number of halogens is 3. The zero-order valence-electron chi connectivity index (χ0n) is 12.8. The summed E-state index contributed by atoms with van der Waals surface area (Å²) in [4.78, 5) is 19.8. The first kappa shape index (κ1) is 17.7. The van der Waals surface area contributed by atoms with Gasteiger partial charge in [-0.1, -0.05) is 0 Å². The molecular formula is C15H20F3N3O2. The number of pyridine rings is 1. The lowest BCUT2D eigenvalue weighted by Gasteiger charge is -2.34. The Morgan fingerprint density at radius 2 is 1.83 bits per heavy atom. The molecule has 1 aliphatic rings. The van der Waals surface area contributed by atoms with Crippen molar-refractivity contribution in [1.29, 1.82) is 0 Å². The van der Waals surface area contributed by atoms with Crippen LogP contribution in [0.4, 0.5) is 13.2 Å². The van der Waals surface area contributed by atoms with Gasteiger partial charge in [0.25, 0.3) is 0 Å². The summed E-state index contributed by atoms with van der Waals surface area (Å²) < 4.78 is 40.3. The van der Waals surface area contributed by atoms with E-state index in [9.17, 15) is 18.0 Å². The first-order valence-corrected chi connectivity index (χ1v) is 7.47. The fourth-order valence-electron chi connectivity index (χ4n) is 2.41. The van der Waals surface area contributed by atoms with Crippen LogP contribution < -0.4 is 0 Å². The van der Waals surface area contributed by atoms with E-state index in [-0.39, 0.29) is 18.9 Å². The second kappa shape index (κ2) is 8.26. The number of carbonyl (C=O) groups is 1. The molecule has 0 aliphatic carbocycles. The molecule has 128 valence electrons. The third-order valence-electron chi connectivity index (χ3n) is 3.61. The fourth-order valence-corrected chi connectivity index (χ4v) is 2.41. The van der Waals surface area contributed by atoms with Gasteiger partial charge >= 0.3 is 6.18 Å². The second-order valence-electron chi connectivity index (χ2n) is 5.43. The highest BCUT2D eigenvalue weighted by molar-refractivity contribution is 5.76. The highest BCUT2D eigenvalue weighted by atomic mass is 19.4. The van der Waals surface area contributed by atoms with Crippen LogP contribution in [0.15, 0.2) is 24.5 Å². The minimum Gasteiger partial charge on any atom is -0.372 e. The van der Waals surface area contributed by atoms with Crippen molar-refractivity contribution in [3.05, 3.63) is 30.1 Å². The van der Waals surface area contributed by atoms with Crippen LogP contribution in [-0.4, -0.2) is 66.3 Å². The fraction of sp³-hybridized carbons (Fsp3) is 0.600. The number of amides is 1. The molecule has 2 heterocycles. The summed E-state index contributed by atoms with van der Waals surface area (Å²) in [6, 6.07) is 3.91. The molecule has 0 spiro atoms. The van der Waals surface area contributed by atoms with E-state index >= 15 is 0 Å². The summed E-state index contributed by atoms with van der Waals surface area (Å²) >= 11 is 0. The first-order valence-electron chi connectivity index (χ1n) is 7.47. The average molecular weight is 331 g/mol. The number of alkyl halides is 3. The van der Waals surface area contributed by atoms with Crippen molar-refractivity contribution in [2.75, 3.05) is 39.4 Å². The third-order valence-corrected chi connectivity index (χ3v) is 3.61. The Morgan fingerprint density at radius 1 is 1.17 bits per heavy atom. The molecule has 0 radical (unpaired) electrons. The lowest BCUT2D eigenvalue weighted by atomic mass is 10.2. The third kappa shape index (κ3) is 6.54. The van der Waals surface area contributed by atoms with E-state index in [1.165, 1.54) is 5.56 Å². The average Bonchev–Trinajstić information content (AvgIpc) is 2.52. The molecule has 1 fully saturated rings. The lowest BCUT2D eigenvalue weighted by molar-refractivity contribution is -0.175. The van der Waals surface area contributed by atoms with Gasteiger partial charge < -0.3 is 9.64 Å². The van der Waals surface area contributed by atoms with Crippen molar-refractivity contribution >= 4 is 5.91 Å². The molecule has 0 unspecified atom stereocenters. The number of ether oxygens (including phenoxy) is 1. The molecule has 1 aromatic rings. The summed E-state index contributed by atoms with van der Waals surface area (Å²) in [6.07, 6.45) is -0.867. The second-order valence-corrected chi connectivity index (χ2v) is 5.43. The van der Waals surface area contributed by atoms with Gasteiger partial charge in [-0.3, -0.25) is 14.7 Å². The quantitative estimate of drug-likeness (QED) is 0.745. The summed E-state index contributed by atoms with van der Waals surface area (Å²) in [5.74, 6) is -0.157. The molecular weight excluding hydrogens is 311 g/mol. The molecule has 1 aromatic heterocycles. The molecule has 0 saturated carbocycles. The molecule has 0 bridgehead atoms. The Balaban J connectivity index is 1.64. The Hall–Kier alpha value is -1.67. The molecule has 0 N–H and O–H groups in total. The highest BCUT2D eigenvalue weighted by Crippen LogP contribution is 2.14. The number of nitrogens with zero attached hydrogens (tertiary/aromatic N) is 3. The highest BCUT2D eigenvalue weighted by Gasteiger charge is 2.27. The van der Waals surface area contributed by atoms with Crippen LogP contribution in [0.25, 0.3) is 0 Å². The summed E-state index contributed by atoms with van der Waals surface area (Å²) in [5, 5.41) is 0. The van der Waals surface area contributed by atoms with Crippen molar-refractivity contribution in [1.82, 2.24) is 14.8 Å². The van der Waals surface area contributed by atoms with Crippen molar-refractivity contribution in [3.8, 4) is 0 Å². The van der Waals surface area contributed by atoms with Crippen LogP contribution in [0.1, 0.15) is 12.0 Å². The van der Waals surface area contributed by atoms with Gasteiger partial charge in [-0.25, -0.2) is 0 Å². The SMILES string of the molecule is O=C(CCOCC(F)(F)F)N1CCN(Cc2ccncc2)CC1.